The molecule has 0 spiro atoms. The highest BCUT2D eigenvalue weighted by Gasteiger charge is 2.29. The summed E-state index contributed by atoms with van der Waals surface area (Å²) in [5.41, 5.74) is 4.87. The number of nitrogens with two attached hydrogens (primary N) is 1. The van der Waals surface area contributed by atoms with Gasteiger partial charge in [-0.3, -0.25) is 4.90 Å². The van der Waals surface area contributed by atoms with Crippen LogP contribution in [-0.4, -0.2) is 37.0 Å². The predicted molar refractivity (Wildman–Crippen MR) is 48.1 cm³/mol. The average molecular weight is 186 g/mol. The summed E-state index contributed by atoms with van der Waals surface area (Å²) in [6.45, 7) is -0.962. The van der Waals surface area contributed by atoms with E-state index in [1.54, 1.807) is 0 Å². The molecule has 13 heavy (non-hydrogen) atoms. The standard InChI is InChI=1S/C9H12F2N2/c1-3-5-13(6-4-2)8-9(10,11)7-12/h1-2H,5-8,12H2. The third kappa shape index (κ3) is 5.19. The van der Waals surface area contributed by atoms with E-state index in [0.717, 1.165) is 0 Å². The summed E-state index contributed by atoms with van der Waals surface area (Å²) in [6, 6.07) is 0. The van der Waals surface area contributed by atoms with Crippen molar-refractivity contribution in [3.8, 4) is 24.7 Å². The van der Waals surface area contributed by atoms with Crippen LogP contribution < -0.4 is 5.73 Å². The van der Waals surface area contributed by atoms with Gasteiger partial charge in [-0.15, -0.1) is 12.8 Å². The highest BCUT2D eigenvalue weighted by atomic mass is 19.3. The highest BCUT2D eigenvalue weighted by molar-refractivity contribution is 4.95. The van der Waals surface area contributed by atoms with Gasteiger partial charge in [0, 0.05) is 0 Å². The van der Waals surface area contributed by atoms with E-state index in [-0.39, 0.29) is 13.1 Å². The molecular formula is C9H12F2N2. The quantitative estimate of drug-likeness (QED) is 0.619. The predicted octanol–water partition coefficient (Wildman–Crippen LogP) is 0.149. The molecule has 0 radical (unpaired) electrons. The maximum Gasteiger partial charge on any atom is 0.272 e. The molecule has 0 aromatic rings. The number of hydrogen-bond donors (Lipinski definition) is 1. The SMILES string of the molecule is C#CCN(CC#C)CC(F)(F)CN. The minimum Gasteiger partial charge on any atom is -0.325 e. The molecule has 0 aliphatic rings. The van der Waals surface area contributed by atoms with Crippen molar-refractivity contribution in [2.45, 2.75) is 5.92 Å². The summed E-state index contributed by atoms with van der Waals surface area (Å²) in [4.78, 5) is 1.30. The smallest absolute Gasteiger partial charge is 0.272 e. The van der Waals surface area contributed by atoms with Crippen molar-refractivity contribution < 1.29 is 8.78 Å². The van der Waals surface area contributed by atoms with Gasteiger partial charge in [0.15, 0.2) is 0 Å². The van der Waals surface area contributed by atoms with Gasteiger partial charge in [-0.25, -0.2) is 8.78 Å². The van der Waals surface area contributed by atoms with Crippen molar-refractivity contribution in [1.82, 2.24) is 4.90 Å². The van der Waals surface area contributed by atoms with Gasteiger partial charge in [0.05, 0.1) is 26.2 Å². The number of hydrogen-bond acceptors (Lipinski definition) is 2. The van der Waals surface area contributed by atoms with Crippen LogP contribution in [-0.2, 0) is 0 Å². The Morgan fingerprint density at radius 1 is 1.23 bits per heavy atom. The molecule has 0 saturated carbocycles. The van der Waals surface area contributed by atoms with Gasteiger partial charge in [0.2, 0.25) is 0 Å². The largest absolute Gasteiger partial charge is 0.325 e. The van der Waals surface area contributed by atoms with Crippen LogP contribution in [0.2, 0.25) is 0 Å². The molecule has 2 nitrogen and oxygen atoms in total. The van der Waals surface area contributed by atoms with Crippen molar-refractivity contribution in [3.63, 3.8) is 0 Å². The summed E-state index contributed by atoms with van der Waals surface area (Å²) in [6.07, 6.45) is 9.97. The highest BCUT2D eigenvalue weighted by Crippen LogP contribution is 2.12. The molecule has 0 aliphatic carbocycles. The van der Waals surface area contributed by atoms with E-state index in [4.69, 9.17) is 18.6 Å². The fourth-order valence-corrected chi connectivity index (χ4v) is 0.818. The van der Waals surface area contributed by atoms with Crippen molar-refractivity contribution in [2.75, 3.05) is 26.2 Å². The van der Waals surface area contributed by atoms with Gasteiger partial charge in [-0.1, -0.05) is 11.8 Å². The zero-order valence-electron chi connectivity index (χ0n) is 7.26. The molecule has 0 rings (SSSR count). The van der Waals surface area contributed by atoms with Crippen LogP contribution in [0.5, 0.6) is 0 Å². The summed E-state index contributed by atoms with van der Waals surface area (Å²) < 4.78 is 25.5. The van der Waals surface area contributed by atoms with Crippen LogP contribution >= 0.6 is 0 Å². The van der Waals surface area contributed by atoms with Gasteiger partial charge in [0.25, 0.3) is 5.92 Å². The molecule has 0 saturated heterocycles. The molecule has 0 unspecified atom stereocenters. The lowest BCUT2D eigenvalue weighted by Gasteiger charge is -2.22. The maximum atomic E-state index is 12.7. The fraction of sp³-hybridized carbons (Fsp3) is 0.556. The van der Waals surface area contributed by atoms with E-state index in [1.165, 1.54) is 4.90 Å². The summed E-state index contributed by atoms with van der Waals surface area (Å²) in [7, 11) is 0. The third-order valence-corrected chi connectivity index (χ3v) is 1.38. The molecule has 0 aromatic heterocycles. The Balaban J connectivity index is 4.11. The molecule has 0 fully saturated rings. The molecule has 0 aromatic carbocycles. The molecule has 0 bridgehead atoms. The second-order valence-corrected chi connectivity index (χ2v) is 2.61. The average Bonchev–Trinajstić information content (AvgIpc) is 2.05. The lowest BCUT2D eigenvalue weighted by molar-refractivity contribution is -0.0174. The number of nitrogens with zero attached hydrogens (tertiary/aromatic N) is 1. The number of rotatable bonds is 5. The number of halogens is 2. The number of alkyl halides is 2. The molecular weight excluding hydrogens is 174 g/mol. The molecule has 0 atom stereocenters. The lowest BCUT2D eigenvalue weighted by atomic mass is 10.3. The Labute approximate surface area is 77.1 Å². The van der Waals surface area contributed by atoms with E-state index < -0.39 is 19.0 Å². The number of terminal acetylenes is 2. The second kappa shape index (κ2) is 5.53. The Morgan fingerprint density at radius 2 is 1.69 bits per heavy atom. The van der Waals surface area contributed by atoms with Gasteiger partial charge in [-0.05, 0) is 0 Å². The fourth-order valence-electron chi connectivity index (χ4n) is 0.818. The Bertz CT molecular complexity index is 209. The lowest BCUT2D eigenvalue weighted by Crippen LogP contribution is -2.42. The Kier molecular flexibility index (Phi) is 5.06. The molecule has 0 heterocycles. The first kappa shape index (κ1) is 11.9. The molecule has 0 amide bonds. The van der Waals surface area contributed by atoms with E-state index in [1.807, 2.05) is 0 Å². The first-order chi connectivity index (χ1) is 6.05. The minimum absolute atomic E-state index is 0.111. The van der Waals surface area contributed by atoms with Crippen molar-refractivity contribution in [1.29, 1.82) is 0 Å². The van der Waals surface area contributed by atoms with Gasteiger partial charge in [0.1, 0.15) is 0 Å². The van der Waals surface area contributed by atoms with Gasteiger partial charge in [-0.2, -0.15) is 0 Å². The molecule has 4 heteroatoms. The first-order valence-electron chi connectivity index (χ1n) is 3.73. The van der Waals surface area contributed by atoms with Crippen molar-refractivity contribution in [2.24, 2.45) is 5.73 Å². The van der Waals surface area contributed by atoms with Crippen LogP contribution in [0.15, 0.2) is 0 Å². The summed E-state index contributed by atoms with van der Waals surface area (Å²) in [5.74, 6) is 1.59. The Morgan fingerprint density at radius 3 is 2.00 bits per heavy atom. The van der Waals surface area contributed by atoms with Crippen molar-refractivity contribution in [3.05, 3.63) is 0 Å². The second-order valence-electron chi connectivity index (χ2n) is 2.61. The first-order valence-corrected chi connectivity index (χ1v) is 3.73. The zero-order chi connectivity index (χ0) is 10.3. The van der Waals surface area contributed by atoms with Crippen LogP contribution in [0.3, 0.4) is 0 Å². The normalized spacial score (nSPS) is 10.9. The monoisotopic (exact) mass is 186 g/mol. The van der Waals surface area contributed by atoms with Gasteiger partial charge >= 0.3 is 0 Å². The third-order valence-electron chi connectivity index (χ3n) is 1.38. The van der Waals surface area contributed by atoms with E-state index in [2.05, 4.69) is 11.8 Å². The topological polar surface area (TPSA) is 29.3 Å². The molecule has 72 valence electrons. The maximum absolute atomic E-state index is 12.7. The summed E-state index contributed by atoms with van der Waals surface area (Å²) in [5, 5.41) is 0. The van der Waals surface area contributed by atoms with Crippen LogP contribution in [0.25, 0.3) is 0 Å². The van der Waals surface area contributed by atoms with Gasteiger partial charge < -0.3 is 5.73 Å². The van der Waals surface area contributed by atoms with Crippen molar-refractivity contribution >= 4 is 0 Å². The molecule has 0 aliphatic heterocycles. The van der Waals surface area contributed by atoms with E-state index >= 15 is 0 Å². The van der Waals surface area contributed by atoms with E-state index in [9.17, 15) is 8.78 Å². The minimum atomic E-state index is -2.92. The zero-order valence-corrected chi connectivity index (χ0v) is 7.26. The summed E-state index contributed by atoms with van der Waals surface area (Å²) >= 11 is 0. The van der Waals surface area contributed by atoms with Crippen LogP contribution in [0.1, 0.15) is 0 Å². The molecule has 2 N–H and O–H groups in total. The van der Waals surface area contributed by atoms with Crippen LogP contribution in [0.4, 0.5) is 8.78 Å². The van der Waals surface area contributed by atoms with Crippen LogP contribution in [0, 0.1) is 24.7 Å². The Hall–Kier alpha value is -1.10. The van der Waals surface area contributed by atoms with E-state index in [0.29, 0.717) is 0 Å².